The van der Waals surface area contributed by atoms with Crippen molar-refractivity contribution in [1.29, 1.82) is 0 Å². The van der Waals surface area contributed by atoms with Crippen molar-refractivity contribution in [2.24, 2.45) is 5.16 Å². The highest BCUT2D eigenvalue weighted by Crippen LogP contribution is 2.43. The smallest absolute Gasteiger partial charge is 0.352 e. The number of aromatic nitrogens is 2. The van der Waals surface area contributed by atoms with Crippen LogP contribution in [0.5, 0.6) is 5.88 Å². The lowest BCUT2D eigenvalue weighted by Crippen LogP contribution is -2.71. The number of carboxylic acid groups (broad SMARTS) is 1. The summed E-state index contributed by atoms with van der Waals surface area (Å²) >= 11 is 2.38. The van der Waals surface area contributed by atoms with Crippen molar-refractivity contribution in [2.75, 3.05) is 49.7 Å². The van der Waals surface area contributed by atoms with Crippen molar-refractivity contribution in [3.8, 4) is 5.88 Å². The van der Waals surface area contributed by atoms with Gasteiger partial charge in [0.05, 0.1) is 19.0 Å². The van der Waals surface area contributed by atoms with Gasteiger partial charge in [-0.15, -0.1) is 23.1 Å². The Balaban J connectivity index is 0.000000833. The molecule has 5 aromatic rings. The summed E-state index contributed by atoms with van der Waals surface area (Å²) < 4.78 is 5.11. The van der Waals surface area contributed by atoms with Gasteiger partial charge in [-0.05, 0) is 43.8 Å². The first-order valence-electron chi connectivity index (χ1n) is 21.1. The standard InChI is InChI=1S/C42H35N7O7S2.C6H15N/c1-55-32-18-17-30(22-44-32)48-20-19-25(37(48)51)21-26-23-57-39-34(38(52)49(39)35(26)40(53)54)46-36(50)33(31-24-58-41(43)45-31)47-56-42(27-11-5-2-6-12-27,28-13-7-3-8-14-28)29-15-9-4-10-16-29;1-4-7(5-2)6-3/h2-18,21-22,24,34,39H,19-20,23H2,1H3,(H2,43,45)(H,46,50)(H,53,54);4-6H2,1-3H3/t34-,39-;/m1./s1. The van der Waals surface area contributed by atoms with Gasteiger partial charge in [0.25, 0.3) is 17.7 Å². The molecule has 0 bridgehead atoms. The Hall–Kier alpha value is -6.82. The van der Waals surface area contributed by atoms with E-state index in [1.807, 2.05) is 91.0 Å². The molecule has 2 saturated heterocycles. The number of carboxylic acids is 1. The van der Waals surface area contributed by atoms with Gasteiger partial charge in [0.1, 0.15) is 22.8 Å². The molecule has 0 saturated carbocycles. The molecular formula is C48H50N8O7S2. The van der Waals surface area contributed by atoms with Crippen molar-refractivity contribution in [2.45, 2.75) is 44.2 Å². The molecule has 3 aliphatic rings. The minimum Gasteiger partial charge on any atom is -0.481 e. The van der Waals surface area contributed by atoms with Crippen LogP contribution in [0.1, 0.15) is 49.6 Å². The maximum Gasteiger partial charge on any atom is 0.352 e. The lowest BCUT2D eigenvalue weighted by atomic mass is 9.80. The summed E-state index contributed by atoms with van der Waals surface area (Å²) in [6.07, 6.45) is 3.46. The SMILES string of the molecule is CCN(CC)CC.COc1ccc(N2CCC(=CC3=C(C(=O)O)N4C(=O)[C@@H](NC(=O)C(=NOC(c5ccccc5)(c5ccccc5)c5ccccc5)c5csc(N)n5)[C@H]4SC3)C2=O)cn1. The number of nitrogens with zero attached hydrogens (tertiary/aromatic N) is 6. The predicted molar refractivity (Wildman–Crippen MR) is 252 cm³/mol. The molecular weight excluding hydrogens is 865 g/mol. The zero-order valence-electron chi connectivity index (χ0n) is 36.4. The van der Waals surface area contributed by atoms with Gasteiger partial charge < -0.3 is 35.5 Å². The fraction of sp³-hybridized carbons (Fsp3) is 0.271. The Kier molecular flexibility index (Phi) is 14.8. The van der Waals surface area contributed by atoms with Crippen molar-refractivity contribution in [3.05, 3.63) is 160 Å². The largest absolute Gasteiger partial charge is 0.481 e. The molecule has 15 nitrogen and oxygen atoms in total. The quantitative estimate of drug-likeness (QED) is 0.0350. The van der Waals surface area contributed by atoms with Crippen LogP contribution in [0.25, 0.3) is 0 Å². The molecule has 0 aliphatic carbocycles. The Morgan fingerprint density at radius 1 is 0.938 bits per heavy atom. The number of thiazole rings is 1. The number of methoxy groups -OCH3 is 1. The number of aliphatic carboxylic acids is 1. The Bertz CT molecular complexity index is 2480. The average Bonchev–Trinajstić information content (AvgIpc) is 3.94. The lowest BCUT2D eigenvalue weighted by molar-refractivity contribution is -0.150. The first kappa shape index (κ1) is 46.2. The van der Waals surface area contributed by atoms with E-state index in [1.54, 1.807) is 28.5 Å². The number of pyridine rings is 1. The number of fused-ring (bicyclic) bond motifs is 1. The van der Waals surface area contributed by atoms with E-state index < -0.39 is 34.8 Å². The van der Waals surface area contributed by atoms with Crippen LogP contribution in [0.4, 0.5) is 10.8 Å². The molecule has 2 fully saturated rings. The molecule has 3 amide bonds. The second kappa shape index (κ2) is 20.8. The number of amides is 3. The monoisotopic (exact) mass is 914 g/mol. The summed E-state index contributed by atoms with van der Waals surface area (Å²) in [5.74, 6) is -2.44. The topological polar surface area (TPSA) is 193 Å². The van der Waals surface area contributed by atoms with Crippen LogP contribution in [-0.2, 0) is 29.6 Å². The molecule has 0 spiro atoms. The van der Waals surface area contributed by atoms with Crippen LogP contribution >= 0.6 is 23.1 Å². The number of allylic oxidation sites excluding steroid dienone is 1. The Labute approximate surface area is 385 Å². The van der Waals surface area contributed by atoms with Gasteiger partial charge in [-0.25, -0.2) is 14.8 Å². The van der Waals surface area contributed by atoms with Crippen LogP contribution in [0.2, 0.25) is 0 Å². The van der Waals surface area contributed by atoms with Crippen LogP contribution in [-0.4, -0.2) is 105 Å². The van der Waals surface area contributed by atoms with Gasteiger partial charge >= 0.3 is 5.97 Å². The highest BCUT2D eigenvalue weighted by molar-refractivity contribution is 8.00. The van der Waals surface area contributed by atoms with E-state index in [-0.39, 0.29) is 33.9 Å². The van der Waals surface area contributed by atoms with Crippen molar-refractivity contribution in [1.82, 2.24) is 25.1 Å². The molecule has 0 radical (unpaired) electrons. The summed E-state index contributed by atoms with van der Waals surface area (Å²) in [5.41, 5.74) is 7.85. The first-order valence-corrected chi connectivity index (χ1v) is 23.1. The van der Waals surface area contributed by atoms with E-state index in [1.165, 1.54) is 44.7 Å². The lowest BCUT2D eigenvalue weighted by Gasteiger charge is -2.49. The van der Waals surface area contributed by atoms with E-state index in [0.29, 0.717) is 35.7 Å². The summed E-state index contributed by atoms with van der Waals surface area (Å²) in [6.45, 7) is 10.5. The molecule has 3 aliphatic heterocycles. The zero-order valence-corrected chi connectivity index (χ0v) is 38.1. The number of β-lactam (4-membered cyclic amide) rings is 1. The minimum absolute atomic E-state index is 0.128. The number of carbonyl (C=O) groups excluding carboxylic acids is 3. The fourth-order valence-corrected chi connectivity index (χ4v) is 9.74. The number of oxime groups is 1. The zero-order chi connectivity index (χ0) is 46.1. The van der Waals surface area contributed by atoms with E-state index >= 15 is 0 Å². The van der Waals surface area contributed by atoms with Gasteiger partial charge in [-0.2, -0.15) is 0 Å². The molecule has 17 heteroatoms. The third-order valence-corrected chi connectivity index (χ3v) is 13.3. The van der Waals surface area contributed by atoms with Crippen molar-refractivity contribution >= 4 is 63.3 Å². The third-order valence-electron chi connectivity index (χ3n) is 11.3. The summed E-state index contributed by atoms with van der Waals surface area (Å²) in [6, 6.07) is 30.7. The number of ether oxygens (including phenoxy) is 1. The molecule has 4 N–H and O–H groups in total. The maximum atomic E-state index is 14.3. The fourth-order valence-electron chi connectivity index (χ4n) is 7.88. The summed E-state index contributed by atoms with van der Waals surface area (Å²) in [5, 5.41) is 18.6. The predicted octanol–water partition coefficient (Wildman–Crippen LogP) is 6.29. The van der Waals surface area contributed by atoms with Gasteiger partial charge in [0.2, 0.25) is 11.5 Å². The highest BCUT2D eigenvalue weighted by Gasteiger charge is 2.54. The molecule has 8 rings (SSSR count). The highest BCUT2D eigenvalue weighted by atomic mass is 32.2. The molecule has 65 heavy (non-hydrogen) atoms. The number of nitrogens with two attached hydrogens (primary N) is 1. The van der Waals surface area contributed by atoms with E-state index in [4.69, 9.17) is 15.3 Å². The molecule has 3 aromatic carbocycles. The number of nitrogens with one attached hydrogen (secondary N) is 1. The van der Waals surface area contributed by atoms with Crippen LogP contribution in [0.15, 0.2) is 143 Å². The van der Waals surface area contributed by atoms with Crippen molar-refractivity contribution in [3.63, 3.8) is 0 Å². The number of anilines is 2. The minimum atomic E-state index is -1.33. The number of benzene rings is 3. The number of rotatable bonds is 15. The third kappa shape index (κ3) is 9.67. The number of hydrogen-bond acceptors (Lipinski definition) is 13. The van der Waals surface area contributed by atoms with E-state index in [0.717, 1.165) is 32.9 Å². The Morgan fingerprint density at radius 2 is 1.54 bits per heavy atom. The molecule has 2 atom stereocenters. The van der Waals surface area contributed by atoms with E-state index in [9.17, 15) is 24.3 Å². The van der Waals surface area contributed by atoms with Crippen LogP contribution in [0, 0.1) is 0 Å². The summed E-state index contributed by atoms with van der Waals surface area (Å²) in [4.78, 5) is 74.4. The number of hydrogen-bond donors (Lipinski definition) is 3. The Morgan fingerprint density at radius 3 is 2.02 bits per heavy atom. The molecule has 2 aromatic heterocycles. The average molecular weight is 915 g/mol. The van der Waals surface area contributed by atoms with Gasteiger partial charge in [-0.3, -0.25) is 19.3 Å². The van der Waals surface area contributed by atoms with Gasteiger partial charge in [0.15, 0.2) is 10.8 Å². The number of carbonyl (C=O) groups is 4. The van der Waals surface area contributed by atoms with Gasteiger partial charge in [-0.1, -0.05) is 117 Å². The summed E-state index contributed by atoms with van der Waals surface area (Å²) in [7, 11) is 1.50. The second-order valence-corrected chi connectivity index (χ2v) is 17.0. The van der Waals surface area contributed by atoms with Crippen LogP contribution in [0.3, 0.4) is 0 Å². The van der Waals surface area contributed by atoms with Crippen LogP contribution < -0.4 is 20.7 Å². The maximum absolute atomic E-state index is 14.3. The number of thioether (sulfide) groups is 1. The van der Waals surface area contributed by atoms with Gasteiger partial charge in [0, 0.05) is 46.0 Å². The second-order valence-electron chi connectivity index (χ2n) is 15.0. The number of nitrogen functional groups attached to an aromatic ring is 1. The van der Waals surface area contributed by atoms with Crippen molar-refractivity contribution < 1.29 is 33.9 Å². The molecule has 336 valence electrons. The first-order chi connectivity index (χ1) is 31.5. The molecule has 5 heterocycles. The normalized spacial score (nSPS) is 17.9. The van der Waals surface area contributed by atoms with E-state index in [2.05, 4.69) is 46.1 Å². The molecule has 0 unspecified atom stereocenters.